The van der Waals surface area contributed by atoms with Crippen molar-refractivity contribution >= 4 is 6.98 Å². The molecule has 0 atom stereocenters. The van der Waals surface area contributed by atoms with Gasteiger partial charge in [-0.2, -0.15) is 0 Å². The molecule has 0 N–H and O–H groups in total. The summed E-state index contributed by atoms with van der Waals surface area (Å²) in [6.45, 7) is 4.18. The normalized spacial score (nSPS) is 20.3. The van der Waals surface area contributed by atoms with Crippen molar-refractivity contribution < 1.29 is 64.3 Å². The van der Waals surface area contributed by atoms with Gasteiger partial charge in [0.15, 0.2) is 0 Å². The third-order valence-corrected chi connectivity index (χ3v) is 4.31. The zero-order valence-corrected chi connectivity index (χ0v) is 14.9. The molecular weight excluding hydrogens is 265 g/mol. The number of rotatable bonds is 5. The van der Waals surface area contributed by atoms with E-state index in [1.807, 2.05) is 4.90 Å². The minimum Gasteiger partial charge on any atom is -0.445 e. The van der Waals surface area contributed by atoms with E-state index >= 15 is 0 Å². The molecule has 1 nitrogen and oxygen atoms in total. The summed E-state index contributed by atoms with van der Waals surface area (Å²) in [6.07, 6.45) is 4.28. The van der Waals surface area contributed by atoms with Gasteiger partial charge in [-0.25, -0.2) is 0 Å². The van der Waals surface area contributed by atoms with Gasteiger partial charge >= 0.3 is 58.4 Å². The SMILES string of the molecule is C=C(CN1CCC(CC)(CC)CC1)[B-](F)(F)F.[K+]. The van der Waals surface area contributed by atoms with Crippen LogP contribution < -0.4 is 51.4 Å². The summed E-state index contributed by atoms with van der Waals surface area (Å²) in [7, 11) is 0. The first-order valence-electron chi connectivity index (χ1n) is 6.43. The van der Waals surface area contributed by atoms with Gasteiger partial charge in [-0.1, -0.05) is 26.7 Å². The maximum atomic E-state index is 12.4. The summed E-state index contributed by atoms with van der Waals surface area (Å²) >= 11 is 0. The molecule has 0 unspecified atom stereocenters. The van der Waals surface area contributed by atoms with Crippen LogP contribution in [-0.2, 0) is 0 Å². The Kier molecular flexibility index (Phi) is 8.36. The Balaban J connectivity index is 0.00000289. The molecule has 0 aromatic heterocycles. The Bertz CT molecular complexity index is 267. The second-order valence-corrected chi connectivity index (χ2v) is 5.22. The molecule has 0 spiro atoms. The number of likely N-dealkylation sites (tertiary alicyclic amines) is 1. The first-order valence-corrected chi connectivity index (χ1v) is 6.43. The number of hydrogen-bond donors (Lipinski definition) is 0. The van der Waals surface area contributed by atoms with E-state index in [-0.39, 0.29) is 57.9 Å². The molecule has 1 saturated heterocycles. The van der Waals surface area contributed by atoms with Crippen LogP contribution in [0.4, 0.5) is 12.9 Å². The van der Waals surface area contributed by atoms with E-state index in [1.54, 1.807) is 0 Å². The first-order chi connectivity index (χ1) is 7.83. The van der Waals surface area contributed by atoms with E-state index in [4.69, 9.17) is 0 Å². The van der Waals surface area contributed by atoms with Crippen LogP contribution in [0.3, 0.4) is 0 Å². The molecule has 18 heavy (non-hydrogen) atoms. The molecule has 0 aromatic rings. The van der Waals surface area contributed by atoms with Crippen molar-refractivity contribution in [3.8, 4) is 0 Å². The van der Waals surface area contributed by atoms with E-state index in [1.165, 1.54) is 0 Å². The molecule has 0 aliphatic carbocycles. The summed E-state index contributed by atoms with van der Waals surface area (Å²) in [6, 6.07) is 0. The van der Waals surface area contributed by atoms with E-state index in [0.717, 1.165) is 38.8 Å². The van der Waals surface area contributed by atoms with Crippen LogP contribution in [0.2, 0.25) is 0 Å². The van der Waals surface area contributed by atoms with Gasteiger partial charge in [-0.05, 0) is 37.9 Å². The Morgan fingerprint density at radius 2 is 1.61 bits per heavy atom. The molecule has 0 saturated carbocycles. The molecular formula is C12H22BF3KN. The second kappa shape index (κ2) is 7.84. The van der Waals surface area contributed by atoms with Crippen LogP contribution in [0.25, 0.3) is 0 Å². The Morgan fingerprint density at radius 3 is 1.94 bits per heavy atom. The van der Waals surface area contributed by atoms with E-state index in [9.17, 15) is 12.9 Å². The number of piperidine rings is 1. The maximum absolute atomic E-state index is 12.4. The molecule has 0 radical (unpaired) electrons. The Morgan fingerprint density at radius 1 is 1.17 bits per heavy atom. The quantitative estimate of drug-likeness (QED) is 0.677. The smallest absolute Gasteiger partial charge is 0.445 e. The fourth-order valence-electron chi connectivity index (χ4n) is 2.53. The molecule has 0 bridgehead atoms. The van der Waals surface area contributed by atoms with Crippen LogP contribution in [0.5, 0.6) is 0 Å². The summed E-state index contributed by atoms with van der Waals surface area (Å²) in [5, 5.41) is 0. The predicted octanol–water partition coefficient (Wildman–Crippen LogP) is 0.835. The van der Waals surface area contributed by atoms with Crippen molar-refractivity contribution in [2.45, 2.75) is 39.5 Å². The van der Waals surface area contributed by atoms with Crippen LogP contribution in [0, 0.1) is 5.41 Å². The Labute approximate surface area is 151 Å². The van der Waals surface area contributed by atoms with Crippen molar-refractivity contribution in [2.24, 2.45) is 5.41 Å². The molecule has 1 aliphatic rings. The van der Waals surface area contributed by atoms with Crippen molar-refractivity contribution in [3.05, 3.63) is 12.1 Å². The largest absolute Gasteiger partial charge is 1.00 e. The van der Waals surface area contributed by atoms with Gasteiger partial charge in [-0.15, -0.1) is 12.1 Å². The van der Waals surface area contributed by atoms with E-state index in [0.29, 0.717) is 5.41 Å². The molecule has 0 aromatic carbocycles. The van der Waals surface area contributed by atoms with E-state index in [2.05, 4.69) is 20.4 Å². The first kappa shape index (κ1) is 19.2. The monoisotopic (exact) mass is 287 g/mol. The van der Waals surface area contributed by atoms with Gasteiger partial charge in [0.2, 0.25) is 0 Å². The third kappa shape index (κ3) is 5.29. The van der Waals surface area contributed by atoms with Gasteiger partial charge in [0.1, 0.15) is 0 Å². The van der Waals surface area contributed by atoms with Gasteiger partial charge in [-0.3, -0.25) is 0 Å². The Hall–Kier alpha value is 1.19. The van der Waals surface area contributed by atoms with Crippen molar-refractivity contribution in [2.75, 3.05) is 19.6 Å². The van der Waals surface area contributed by atoms with E-state index < -0.39 is 12.4 Å². The van der Waals surface area contributed by atoms with Crippen molar-refractivity contribution in [1.29, 1.82) is 0 Å². The average molecular weight is 287 g/mol. The average Bonchev–Trinajstić information content (AvgIpc) is 2.29. The summed E-state index contributed by atoms with van der Waals surface area (Å²) in [5.41, 5.74) is -0.202. The third-order valence-electron chi connectivity index (χ3n) is 4.31. The number of hydrogen-bond acceptors (Lipinski definition) is 1. The molecule has 1 fully saturated rings. The second-order valence-electron chi connectivity index (χ2n) is 5.22. The zero-order chi connectivity index (χ0) is 13.1. The maximum Gasteiger partial charge on any atom is 1.00 e. The number of halogens is 3. The zero-order valence-electron chi connectivity index (χ0n) is 11.8. The molecule has 1 heterocycles. The molecule has 1 rings (SSSR count). The van der Waals surface area contributed by atoms with Crippen molar-refractivity contribution in [3.63, 3.8) is 0 Å². The van der Waals surface area contributed by atoms with Gasteiger partial charge < -0.3 is 17.8 Å². The van der Waals surface area contributed by atoms with Crippen LogP contribution in [0.1, 0.15) is 39.5 Å². The summed E-state index contributed by atoms with van der Waals surface area (Å²) in [5.74, 6) is 0. The fourth-order valence-corrected chi connectivity index (χ4v) is 2.53. The van der Waals surface area contributed by atoms with Crippen LogP contribution in [-0.4, -0.2) is 31.5 Å². The topological polar surface area (TPSA) is 3.24 Å². The summed E-state index contributed by atoms with van der Waals surface area (Å²) < 4.78 is 37.3. The van der Waals surface area contributed by atoms with Crippen LogP contribution >= 0.6 is 0 Å². The fraction of sp³-hybridized carbons (Fsp3) is 0.833. The van der Waals surface area contributed by atoms with Gasteiger partial charge in [0.25, 0.3) is 0 Å². The molecule has 1 aliphatic heterocycles. The number of nitrogens with zero attached hydrogens (tertiary/aromatic N) is 1. The van der Waals surface area contributed by atoms with Crippen LogP contribution in [0.15, 0.2) is 12.1 Å². The minimum atomic E-state index is -4.87. The molecule has 6 heteroatoms. The summed E-state index contributed by atoms with van der Waals surface area (Å²) in [4.78, 5) is 1.89. The minimum absolute atomic E-state index is 0. The van der Waals surface area contributed by atoms with Gasteiger partial charge in [0, 0.05) is 0 Å². The predicted molar refractivity (Wildman–Crippen MR) is 66.9 cm³/mol. The molecule has 100 valence electrons. The standard InChI is InChI=1S/C12H22BF3N.K/c1-4-12(5-2)6-8-17(9-7-12)10-11(3)13(14,15)16;/h3-10H2,1-2H3;/q-1;+1. The van der Waals surface area contributed by atoms with Crippen molar-refractivity contribution in [1.82, 2.24) is 4.90 Å². The van der Waals surface area contributed by atoms with Gasteiger partial charge in [0.05, 0.1) is 0 Å². The molecule has 0 amide bonds.